The number of carbonyl (C=O) groups is 1. The van der Waals surface area contributed by atoms with Crippen LogP contribution in [0, 0.1) is 5.92 Å². The molecule has 0 bridgehead atoms. The number of nitrogens with two attached hydrogens (primary N) is 2. The Morgan fingerprint density at radius 1 is 1.55 bits per heavy atom. The zero-order chi connectivity index (χ0) is 9.02. The molecule has 0 rings (SSSR count). The second kappa shape index (κ2) is 3.92. The molecule has 0 spiro atoms. The highest BCUT2D eigenvalue weighted by atomic mass is 16.2. The molecule has 4 N–H and O–H groups in total. The monoisotopic (exact) mass is 158 g/mol. The Bertz CT molecular complexity index is 175. The summed E-state index contributed by atoms with van der Waals surface area (Å²) in [6.45, 7) is 5.07. The van der Waals surface area contributed by atoms with E-state index in [0.717, 1.165) is 5.01 Å². The van der Waals surface area contributed by atoms with Crippen LogP contribution < -0.4 is 11.7 Å². The summed E-state index contributed by atoms with van der Waals surface area (Å²) >= 11 is 0. The van der Waals surface area contributed by atoms with E-state index in [1.165, 1.54) is 6.92 Å². The molecule has 0 fully saturated rings. The zero-order valence-corrected chi connectivity index (χ0v) is 7.03. The zero-order valence-electron chi connectivity index (χ0n) is 7.03. The number of hydrazine groups is 1. The number of hydrogen-bond donors (Lipinski definition) is 2. The van der Waals surface area contributed by atoms with Gasteiger partial charge in [0.2, 0.25) is 5.91 Å². The molecule has 11 heavy (non-hydrogen) atoms. The predicted octanol–water partition coefficient (Wildman–Crippen LogP) is -0.363. The largest absolute Gasteiger partial charge is 0.322 e. The Kier molecular flexibility index (Phi) is 3.53. The summed E-state index contributed by atoms with van der Waals surface area (Å²) in [6.07, 6.45) is 0. The van der Waals surface area contributed by atoms with Crippen molar-refractivity contribution in [3.8, 4) is 0 Å². The fourth-order valence-corrected chi connectivity index (χ4v) is 0.651. The lowest BCUT2D eigenvalue weighted by Crippen LogP contribution is -2.44. The number of amidine groups is 1. The Hall–Kier alpha value is -1.10. The van der Waals surface area contributed by atoms with Crippen LogP contribution in [-0.2, 0) is 4.79 Å². The number of rotatable bonds is 1. The van der Waals surface area contributed by atoms with E-state index in [4.69, 9.17) is 11.7 Å². The topological polar surface area (TPSA) is 84.7 Å². The number of hydrogen-bond acceptors (Lipinski definition) is 4. The third kappa shape index (κ3) is 2.55. The van der Waals surface area contributed by atoms with Crippen LogP contribution in [-0.4, -0.2) is 16.8 Å². The molecule has 0 heterocycles. The van der Waals surface area contributed by atoms with Crippen molar-refractivity contribution in [1.29, 1.82) is 0 Å². The molecule has 0 radical (unpaired) electrons. The van der Waals surface area contributed by atoms with Gasteiger partial charge in [-0.1, -0.05) is 13.8 Å². The summed E-state index contributed by atoms with van der Waals surface area (Å²) in [7, 11) is 0. The van der Waals surface area contributed by atoms with Crippen molar-refractivity contribution in [2.24, 2.45) is 22.7 Å². The van der Waals surface area contributed by atoms with E-state index >= 15 is 0 Å². The van der Waals surface area contributed by atoms with E-state index in [1.807, 2.05) is 13.8 Å². The van der Waals surface area contributed by atoms with Gasteiger partial charge in [0.05, 0.1) is 0 Å². The number of nitrogens with zero attached hydrogens (tertiary/aromatic N) is 2. The number of carbonyl (C=O) groups excluding carboxylic acids is 1. The minimum absolute atomic E-state index is 0.0499. The molecular formula is C6H14N4O. The fraction of sp³-hybridized carbons (Fsp3) is 0.667. The normalized spacial score (nSPS) is 11.9. The number of hydrazone groups is 1. The van der Waals surface area contributed by atoms with E-state index in [0.29, 0.717) is 5.84 Å². The van der Waals surface area contributed by atoms with E-state index < -0.39 is 0 Å². The van der Waals surface area contributed by atoms with Gasteiger partial charge in [0.25, 0.3) is 0 Å². The van der Waals surface area contributed by atoms with Gasteiger partial charge in [0, 0.05) is 12.8 Å². The average Bonchev–Trinajstić information content (AvgIpc) is 1.88. The first kappa shape index (κ1) is 9.90. The molecular weight excluding hydrogens is 144 g/mol. The minimum atomic E-state index is -0.275. The first-order valence-corrected chi connectivity index (χ1v) is 3.33. The van der Waals surface area contributed by atoms with Crippen LogP contribution in [0.25, 0.3) is 0 Å². The molecule has 0 unspecified atom stereocenters. The number of amides is 1. The highest BCUT2D eigenvalue weighted by Crippen LogP contribution is 1.98. The summed E-state index contributed by atoms with van der Waals surface area (Å²) in [5, 5.41) is 4.35. The SMILES string of the molecule is CC(=O)N(N)/C(=N\N)C(C)C. The van der Waals surface area contributed by atoms with Crippen LogP contribution in [0.3, 0.4) is 0 Å². The standard InChI is InChI=1S/C6H14N4O/c1-4(2)6(9-7)10(8)5(3)11/h4H,7-8H2,1-3H3/b9-6-. The molecule has 5 heteroatoms. The van der Waals surface area contributed by atoms with Crippen LogP contribution in [0.5, 0.6) is 0 Å². The van der Waals surface area contributed by atoms with Gasteiger partial charge in [-0.3, -0.25) is 4.79 Å². The van der Waals surface area contributed by atoms with Gasteiger partial charge in [-0.25, -0.2) is 10.9 Å². The van der Waals surface area contributed by atoms with Gasteiger partial charge in [0.15, 0.2) is 0 Å². The molecule has 0 atom stereocenters. The van der Waals surface area contributed by atoms with Crippen molar-refractivity contribution < 1.29 is 4.79 Å². The molecule has 5 nitrogen and oxygen atoms in total. The Balaban J connectivity index is 4.41. The van der Waals surface area contributed by atoms with Gasteiger partial charge in [0.1, 0.15) is 5.84 Å². The Morgan fingerprint density at radius 3 is 2.09 bits per heavy atom. The van der Waals surface area contributed by atoms with Gasteiger partial charge in [-0.15, -0.1) is 0 Å². The Morgan fingerprint density at radius 2 is 2.00 bits per heavy atom. The van der Waals surface area contributed by atoms with Gasteiger partial charge in [-0.2, -0.15) is 5.10 Å². The summed E-state index contributed by atoms with van der Waals surface area (Å²) < 4.78 is 0. The summed E-state index contributed by atoms with van der Waals surface area (Å²) in [5.74, 6) is 10.5. The first-order chi connectivity index (χ1) is 5.00. The smallest absolute Gasteiger partial charge is 0.239 e. The first-order valence-electron chi connectivity index (χ1n) is 3.33. The van der Waals surface area contributed by atoms with Gasteiger partial charge < -0.3 is 5.84 Å². The van der Waals surface area contributed by atoms with Crippen molar-refractivity contribution in [1.82, 2.24) is 5.01 Å². The van der Waals surface area contributed by atoms with Crippen LogP contribution in [0.2, 0.25) is 0 Å². The average molecular weight is 158 g/mol. The highest BCUT2D eigenvalue weighted by Gasteiger charge is 2.14. The molecule has 0 saturated heterocycles. The van der Waals surface area contributed by atoms with Crippen LogP contribution in [0.4, 0.5) is 0 Å². The van der Waals surface area contributed by atoms with E-state index in [2.05, 4.69) is 5.10 Å². The molecule has 0 aromatic carbocycles. The molecule has 0 aliphatic rings. The lowest BCUT2D eigenvalue weighted by atomic mass is 10.2. The fourth-order valence-electron chi connectivity index (χ4n) is 0.651. The van der Waals surface area contributed by atoms with Crippen molar-refractivity contribution in [3.63, 3.8) is 0 Å². The maximum Gasteiger partial charge on any atom is 0.239 e. The van der Waals surface area contributed by atoms with Crippen molar-refractivity contribution in [2.75, 3.05) is 0 Å². The summed E-state index contributed by atoms with van der Waals surface area (Å²) in [4.78, 5) is 10.7. The quantitative estimate of drug-likeness (QED) is 0.180. The molecule has 0 aromatic rings. The van der Waals surface area contributed by atoms with Crippen molar-refractivity contribution in [3.05, 3.63) is 0 Å². The molecule has 0 saturated carbocycles. The van der Waals surface area contributed by atoms with Crippen molar-refractivity contribution >= 4 is 11.7 Å². The van der Waals surface area contributed by atoms with Crippen LogP contribution >= 0.6 is 0 Å². The summed E-state index contributed by atoms with van der Waals surface area (Å²) in [5.41, 5.74) is 0. The summed E-state index contributed by atoms with van der Waals surface area (Å²) in [6, 6.07) is 0. The molecule has 0 aliphatic heterocycles. The van der Waals surface area contributed by atoms with Gasteiger partial charge in [-0.05, 0) is 0 Å². The lowest BCUT2D eigenvalue weighted by Gasteiger charge is -2.18. The highest BCUT2D eigenvalue weighted by molar-refractivity contribution is 5.97. The predicted molar refractivity (Wildman–Crippen MR) is 43.2 cm³/mol. The second-order valence-electron chi connectivity index (χ2n) is 2.53. The van der Waals surface area contributed by atoms with Crippen LogP contribution in [0.1, 0.15) is 20.8 Å². The molecule has 1 amide bonds. The molecule has 64 valence electrons. The van der Waals surface area contributed by atoms with E-state index in [-0.39, 0.29) is 11.8 Å². The maximum absolute atomic E-state index is 10.7. The minimum Gasteiger partial charge on any atom is -0.322 e. The lowest BCUT2D eigenvalue weighted by molar-refractivity contribution is -0.125. The Labute approximate surface area is 66.0 Å². The molecule has 0 aromatic heterocycles. The van der Waals surface area contributed by atoms with Crippen LogP contribution in [0.15, 0.2) is 5.10 Å². The maximum atomic E-state index is 10.7. The third-order valence-electron chi connectivity index (χ3n) is 1.23. The molecule has 0 aliphatic carbocycles. The van der Waals surface area contributed by atoms with E-state index in [9.17, 15) is 4.79 Å². The van der Waals surface area contributed by atoms with E-state index in [1.54, 1.807) is 0 Å². The third-order valence-corrected chi connectivity index (χ3v) is 1.23. The second-order valence-corrected chi connectivity index (χ2v) is 2.53. The van der Waals surface area contributed by atoms with Crippen molar-refractivity contribution in [2.45, 2.75) is 20.8 Å². The van der Waals surface area contributed by atoms with Gasteiger partial charge >= 0.3 is 0 Å².